The zero-order valence-electron chi connectivity index (χ0n) is 13.1. The van der Waals surface area contributed by atoms with Gasteiger partial charge in [0.25, 0.3) is 0 Å². The number of nitrogens with two attached hydrogens (primary N) is 1. The SMILES string of the molecule is CCC(N)Cc1c(Cl)cccc1N(C)CCOCC1CC1. The number of anilines is 1. The molecule has 1 aliphatic carbocycles. The minimum atomic E-state index is 0.156. The summed E-state index contributed by atoms with van der Waals surface area (Å²) in [4.78, 5) is 2.22. The van der Waals surface area contributed by atoms with Gasteiger partial charge in [0.1, 0.15) is 0 Å². The number of halogens is 1. The van der Waals surface area contributed by atoms with Gasteiger partial charge in [0.15, 0.2) is 0 Å². The molecule has 0 radical (unpaired) electrons. The maximum Gasteiger partial charge on any atom is 0.0641 e. The van der Waals surface area contributed by atoms with Crippen molar-refractivity contribution in [1.82, 2.24) is 0 Å². The molecule has 0 amide bonds. The summed E-state index contributed by atoms with van der Waals surface area (Å²) in [5, 5.41) is 0.808. The molecule has 118 valence electrons. The van der Waals surface area contributed by atoms with Crippen LogP contribution in [0.15, 0.2) is 18.2 Å². The second kappa shape index (κ2) is 8.02. The van der Waals surface area contributed by atoms with Crippen LogP contribution in [0.3, 0.4) is 0 Å². The van der Waals surface area contributed by atoms with Gasteiger partial charge in [-0.3, -0.25) is 0 Å². The van der Waals surface area contributed by atoms with Crippen molar-refractivity contribution in [3.05, 3.63) is 28.8 Å². The van der Waals surface area contributed by atoms with Crippen LogP contribution in [0.1, 0.15) is 31.7 Å². The first-order valence-corrected chi connectivity index (χ1v) is 8.31. The smallest absolute Gasteiger partial charge is 0.0641 e. The summed E-state index contributed by atoms with van der Waals surface area (Å²) in [5.41, 5.74) is 8.42. The second-order valence-corrected chi connectivity index (χ2v) is 6.46. The van der Waals surface area contributed by atoms with Crippen molar-refractivity contribution < 1.29 is 4.74 Å². The van der Waals surface area contributed by atoms with Crippen molar-refractivity contribution in [1.29, 1.82) is 0 Å². The van der Waals surface area contributed by atoms with Crippen molar-refractivity contribution in [2.24, 2.45) is 11.7 Å². The molecule has 21 heavy (non-hydrogen) atoms. The van der Waals surface area contributed by atoms with Gasteiger partial charge in [-0.05, 0) is 49.3 Å². The summed E-state index contributed by atoms with van der Waals surface area (Å²) in [6, 6.07) is 6.22. The molecule has 1 fully saturated rings. The van der Waals surface area contributed by atoms with Crippen molar-refractivity contribution >= 4 is 17.3 Å². The van der Waals surface area contributed by atoms with E-state index < -0.39 is 0 Å². The minimum absolute atomic E-state index is 0.156. The van der Waals surface area contributed by atoms with E-state index in [2.05, 4.69) is 24.9 Å². The van der Waals surface area contributed by atoms with Gasteiger partial charge in [0, 0.05) is 37.0 Å². The number of hydrogen-bond acceptors (Lipinski definition) is 3. The Labute approximate surface area is 133 Å². The lowest BCUT2D eigenvalue weighted by Gasteiger charge is -2.24. The van der Waals surface area contributed by atoms with Gasteiger partial charge in [0.05, 0.1) is 6.61 Å². The molecule has 0 saturated heterocycles. The van der Waals surface area contributed by atoms with Gasteiger partial charge in [-0.1, -0.05) is 24.6 Å². The van der Waals surface area contributed by atoms with Crippen LogP contribution in [-0.2, 0) is 11.2 Å². The van der Waals surface area contributed by atoms with Crippen LogP contribution < -0.4 is 10.6 Å². The van der Waals surface area contributed by atoms with Gasteiger partial charge in [-0.25, -0.2) is 0 Å². The standard InChI is InChI=1S/C17H27ClN2O/c1-3-14(19)11-15-16(18)5-4-6-17(15)20(2)9-10-21-12-13-7-8-13/h4-6,13-14H,3,7-12,19H2,1-2H3. The van der Waals surface area contributed by atoms with Crippen LogP contribution in [0.25, 0.3) is 0 Å². The van der Waals surface area contributed by atoms with E-state index in [1.165, 1.54) is 18.5 Å². The fourth-order valence-electron chi connectivity index (χ4n) is 2.37. The Morgan fingerprint density at radius 1 is 1.43 bits per heavy atom. The highest BCUT2D eigenvalue weighted by atomic mass is 35.5. The summed E-state index contributed by atoms with van der Waals surface area (Å²) in [6.07, 6.45) is 4.45. The Bertz CT molecular complexity index is 448. The highest BCUT2D eigenvalue weighted by Gasteiger charge is 2.21. The zero-order valence-corrected chi connectivity index (χ0v) is 13.9. The third-order valence-electron chi connectivity index (χ3n) is 4.12. The first-order valence-electron chi connectivity index (χ1n) is 7.93. The summed E-state index contributed by atoms with van der Waals surface area (Å²) in [6.45, 7) is 4.66. The van der Waals surface area contributed by atoms with Gasteiger partial charge < -0.3 is 15.4 Å². The van der Waals surface area contributed by atoms with Crippen LogP contribution in [0.4, 0.5) is 5.69 Å². The lowest BCUT2D eigenvalue weighted by Crippen LogP contribution is -2.27. The Morgan fingerprint density at radius 2 is 2.19 bits per heavy atom. The molecule has 0 aliphatic heterocycles. The van der Waals surface area contributed by atoms with Crippen LogP contribution in [0.2, 0.25) is 5.02 Å². The quantitative estimate of drug-likeness (QED) is 0.710. The van der Waals surface area contributed by atoms with Crippen LogP contribution in [0.5, 0.6) is 0 Å². The molecule has 1 aromatic rings. The first kappa shape index (κ1) is 16.6. The third kappa shape index (κ3) is 5.17. The third-order valence-corrected chi connectivity index (χ3v) is 4.47. The molecule has 1 unspecified atom stereocenters. The van der Waals surface area contributed by atoms with Gasteiger partial charge in [-0.2, -0.15) is 0 Å². The average molecular weight is 311 g/mol. The summed E-state index contributed by atoms with van der Waals surface area (Å²) in [7, 11) is 2.09. The maximum absolute atomic E-state index is 6.37. The van der Waals surface area contributed by atoms with E-state index in [0.717, 1.165) is 49.1 Å². The van der Waals surface area contributed by atoms with Crippen LogP contribution in [0, 0.1) is 5.92 Å². The van der Waals surface area contributed by atoms with Crippen molar-refractivity contribution in [2.45, 2.75) is 38.6 Å². The van der Waals surface area contributed by atoms with E-state index in [1.807, 2.05) is 12.1 Å². The lowest BCUT2D eigenvalue weighted by atomic mass is 10.0. The van der Waals surface area contributed by atoms with E-state index in [0.29, 0.717) is 0 Å². The molecular weight excluding hydrogens is 284 g/mol. The number of nitrogens with zero attached hydrogens (tertiary/aromatic N) is 1. The maximum atomic E-state index is 6.37. The number of hydrogen-bond donors (Lipinski definition) is 1. The normalized spacial score (nSPS) is 16.0. The predicted octanol–water partition coefficient (Wildman–Crippen LogP) is 3.48. The summed E-state index contributed by atoms with van der Waals surface area (Å²) in [5.74, 6) is 0.819. The zero-order chi connectivity index (χ0) is 15.2. The topological polar surface area (TPSA) is 38.5 Å². The van der Waals surface area contributed by atoms with Crippen LogP contribution in [-0.4, -0.2) is 32.8 Å². The lowest BCUT2D eigenvalue weighted by molar-refractivity contribution is 0.131. The molecule has 2 rings (SSSR count). The molecular formula is C17H27ClN2O. The number of benzene rings is 1. The van der Waals surface area contributed by atoms with Crippen molar-refractivity contribution in [2.75, 3.05) is 31.7 Å². The van der Waals surface area contributed by atoms with Gasteiger partial charge in [0.2, 0.25) is 0 Å². The summed E-state index contributed by atoms with van der Waals surface area (Å²) >= 11 is 6.37. The largest absolute Gasteiger partial charge is 0.379 e. The molecule has 4 heteroatoms. The highest BCUT2D eigenvalue weighted by molar-refractivity contribution is 6.31. The van der Waals surface area contributed by atoms with E-state index >= 15 is 0 Å². The molecule has 2 N–H and O–H groups in total. The molecule has 3 nitrogen and oxygen atoms in total. The van der Waals surface area contributed by atoms with Crippen molar-refractivity contribution in [3.63, 3.8) is 0 Å². The van der Waals surface area contributed by atoms with E-state index in [-0.39, 0.29) is 6.04 Å². The molecule has 1 aliphatic rings. The Kier molecular flexibility index (Phi) is 6.34. The van der Waals surface area contributed by atoms with E-state index in [1.54, 1.807) is 0 Å². The van der Waals surface area contributed by atoms with E-state index in [9.17, 15) is 0 Å². The minimum Gasteiger partial charge on any atom is -0.379 e. The summed E-state index contributed by atoms with van der Waals surface area (Å²) < 4.78 is 5.72. The Hall–Kier alpha value is -0.770. The Morgan fingerprint density at radius 3 is 2.86 bits per heavy atom. The number of likely N-dealkylation sites (N-methyl/N-ethyl adjacent to an activating group) is 1. The van der Waals surface area contributed by atoms with Gasteiger partial charge in [-0.15, -0.1) is 0 Å². The highest BCUT2D eigenvalue weighted by Crippen LogP contribution is 2.29. The fourth-order valence-corrected chi connectivity index (χ4v) is 2.62. The van der Waals surface area contributed by atoms with E-state index in [4.69, 9.17) is 22.1 Å². The molecule has 1 saturated carbocycles. The number of ether oxygens (including phenoxy) is 1. The molecule has 0 spiro atoms. The average Bonchev–Trinajstić information content (AvgIpc) is 3.29. The fraction of sp³-hybridized carbons (Fsp3) is 0.647. The Balaban J connectivity index is 1.93. The first-order chi connectivity index (χ1) is 10.1. The molecule has 0 heterocycles. The second-order valence-electron chi connectivity index (χ2n) is 6.05. The molecule has 0 aromatic heterocycles. The monoisotopic (exact) mass is 310 g/mol. The number of rotatable bonds is 9. The van der Waals surface area contributed by atoms with Crippen molar-refractivity contribution in [3.8, 4) is 0 Å². The molecule has 1 atom stereocenters. The molecule has 0 bridgehead atoms. The molecule has 1 aromatic carbocycles. The van der Waals surface area contributed by atoms with Gasteiger partial charge >= 0.3 is 0 Å². The van der Waals surface area contributed by atoms with Crippen LogP contribution >= 0.6 is 11.6 Å². The predicted molar refractivity (Wildman–Crippen MR) is 90.2 cm³/mol.